The van der Waals surface area contributed by atoms with Gasteiger partial charge in [-0.3, -0.25) is 9.69 Å². The van der Waals surface area contributed by atoms with E-state index in [9.17, 15) is 9.59 Å². The Morgan fingerprint density at radius 1 is 1.17 bits per heavy atom. The molecule has 6 nitrogen and oxygen atoms in total. The van der Waals surface area contributed by atoms with Crippen molar-refractivity contribution in [1.82, 2.24) is 19.8 Å². The van der Waals surface area contributed by atoms with Crippen LogP contribution in [0, 0.1) is 11.8 Å². The summed E-state index contributed by atoms with van der Waals surface area (Å²) in [5.74, 6) is 1.35. The molecule has 3 amide bonds. The van der Waals surface area contributed by atoms with Crippen molar-refractivity contribution in [3.05, 3.63) is 30.1 Å². The summed E-state index contributed by atoms with van der Waals surface area (Å²) in [5, 5.41) is 3.07. The second-order valence-corrected chi connectivity index (χ2v) is 7.31. The van der Waals surface area contributed by atoms with Gasteiger partial charge in [-0.05, 0) is 49.7 Å². The number of nitrogens with one attached hydrogen (secondary N) is 1. The lowest BCUT2D eigenvalue weighted by Gasteiger charge is -2.26. The minimum Gasteiger partial charge on any atom is -0.330 e. The number of carbonyl (C=O) groups is 2. The Bertz CT molecular complexity index is 851. The van der Waals surface area contributed by atoms with E-state index in [1.807, 2.05) is 35.9 Å². The fourth-order valence-corrected chi connectivity index (χ4v) is 4.20. The van der Waals surface area contributed by atoms with Gasteiger partial charge >= 0.3 is 6.03 Å². The van der Waals surface area contributed by atoms with Crippen LogP contribution in [0.1, 0.15) is 31.5 Å². The molecule has 0 radical (unpaired) electrons. The third-order valence-electron chi connectivity index (χ3n) is 5.78. The number of amides is 3. The molecule has 2 saturated carbocycles. The van der Waals surface area contributed by atoms with Crippen molar-refractivity contribution < 1.29 is 9.59 Å². The lowest BCUT2D eigenvalue weighted by molar-refractivity contribution is -0.133. The summed E-state index contributed by atoms with van der Waals surface area (Å²) >= 11 is 0. The number of hydrogen-bond donors (Lipinski definition) is 1. The van der Waals surface area contributed by atoms with Crippen LogP contribution < -0.4 is 5.32 Å². The predicted octanol–water partition coefficient (Wildman–Crippen LogP) is 2.18. The van der Waals surface area contributed by atoms with Gasteiger partial charge < -0.3 is 9.88 Å². The summed E-state index contributed by atoms with van der Waals surface area (Å²) in [6.07, 6.45) is 4.18. The molecule has 1 aliphatic heterocycles. The van der Waals surface area contributed by atoms with Crippen LogP contribution in [0.25, 0.3) is 11.0 Å². The van der Waals surface area contributed by atoms with E-state index in [0.717, 1.165) is 42.5 Å². The van der Waals surface area contributed by atoms with Crippen LogP contribution in [-0.4, -0.2) is 31.9 Å². The molecule has 2 aromatic rings. The number of hydrogen-bond acceptors (Lipinski definition) is 3. The number of urea groups is 1. The van der Waals surface area contributed by atoms with Crippen LogP contribution in [0.15, 0.2) is 24.3 Å². The molecule has 0 atom stereocenters. The summed E-state index contributed by atoms with van der Waals surface area (Å²) in [4.78, 5) is 31.7. The largest absolute Gasteiger partial charge is 0.330 e. The van der Waals surface area contributed by atoms with E-state index in [4.69, 9.17) is 0 Å². The van der Waals surface area contributed by atoms with Gasteiger partial charge in [0.05, 0.1) is 17.6 Å². The smallest absolute Gasteiger partial charge is 0.325 e. The quantitative estimate of drug-likeness (QED) is 0.877. The van der Waals surface area contributed by atoms with Crippen molar-refractivity contribution in [3.8, 4) is 0 Å². The first-order valence-electron chi connectivity index (χ1n) is 8.65. The lowest BCUT2D eigenvalue weighted by Crippen LogP contribution is -2.51. The Labute approximate surface area is 139 Å². The van der Waals surface area contributed by atoms with Crippen molar-refractivity contribution in [2.75, 3.05) is 0 Å². The maximum Gasteiger partial charge on any atom is 0.325 e. The third kappa shape index (κ3) is 1.79. The van der Waals surface area contributed by atoms with Gasteiger partial charge in [-0.15, -0.1) is 0 Å². The Balaban J connectivity index is 1.49. The number of aryl methyl sites for hydroxylation is 1. The molecule has 1 aromatic heterocycles. The van der Waals surface area contributed by atoms with E-state index in [1.54, 1.807) is 0 Å². The molecule has 0 bridgehead atoms. The summed E-state index contributed by atoms with van der Waals surface area (Å²) in [6.45, 7) is 0.233. The van der Waals surface area contributed by atoms with Crippen LogP contribution in [0.4, 0.5) is 4.79 Å². The molecule has 5 rings (SSSR count). The summed E-state index contributed by atoms with van der Waals surface area (Å²) < 4.78 is 1.96. The maximum absolute atomic E-state index is 13.1. The van der Waals surface area contributed by atoms with E-state index in [2.05, 4.69) is 10.3 Å². The van der Waals surface area contributed by atoms with Crippen LogP contribution in [0.5, 0.6) is 0 Å². The zero-order valence-corrected chi connectivity index (χ0v) is 13.7. The Hall–Kier alpha value is -2.37. The maximum atomic E-state index is 13.1. The van der Waals surface area contributed by atoms with Crippen LogP contribution >= 0.6 is 0 Å². The van der Waals surface area contributed by atoms with Gasteiger partial charge in [-0.25, -0.2) is 9.78 Å². The molecule has 3 fully saturated rings. The normalized spacial score (nSPS) is 23.1. The first-order valence-corrected chi connectivity index (χ1v) is 8.65. The molecule has 3 aliphatic rings. The molecule has 1 N–H and O–H groups in total. The van der Waals surface area contributed by atoms with Gasteiger partial charge in [0.15, 0.2) is 0 Å². The van der Waals surface area contributed by atoms with Crippen molar-refractivity contribution in [3.63, 3.8) is 0 Å². The first kappa shape index (κ1) is 14.0. The highest BCUT2D eigenvalue weighted by Crippen LogP contribution is 2.54. The molecule has 24 heavy (non-hydrogen) atoms. The molecule has 1 aromatic carbocycles. The topological polar surface area (TPSA) is 67.2 Å². The highest BCUT2D eigenvalue weighted by atomic mass is 16.2. The van der Waals surface area contributed by atoms with Crippen molar-refractivity contribution >= 4 is 23.0 Å². The average molecular weight is 324 g/mol. The lowest BCUT2D eigenvalue weighted by atomic mass is 9.87. The van der Waals surface area contributed by atoms with Gasteiger partial charge in [-0.2, -0.15) is 0 Å². The number of benzene rings is 1. The molecular weight excluding hydrogens is 304 g/mol. The van der Waals surface area contributed by atoms with E-state index in [0.29, 0.717) is 11.8 Å². The summed E-state index contributed by atoms with van der Waals surface area (Å²) in [5.41, 5.74) is 1.27. The number of para-hydroxylation sites is 2. The summed E-state index contributed by atoms with van der Waals surface area (Å²) in [7, 11) is 1.93. The van der Waals surface area contributed by atoms with Crippen LogP contribution in [0.2, 0.25) is 0 Å². The monoisotopic (exact) mass is 324 g/mol. The third-order valence-corrected chi connectivity index (χ3v) is 5.78. The number of imide groups is 1. The molecule has 1 saturated heterocycles. The second kappa shape index (κ2) is 4.59. The fourth-order valence-electron chi connectivity index (χ4n) is 4.20. The zero-order chi connectivity index (χ0) is 16.5. The van der Waals surface area contributed by atoms with Gasteiger partial charge in [0.2, 0.25) is 0 Å². The van der Waals surface area contributed by atoms with Crippen LogP contribution in [0.3, 0.4) is 0 Å². The molecular formula is C18H20N4O2. The minimum absolute atomic E-state index is 0.0374. The van der Waals surface area contributed by atoms with Gasteiger partial charge in [0, 0.05) is 7.05 Å². The highest BCUT2D eigenvalue weighted by molar-refractivity contribution is 6.07. The van der Waals surface area contributed by atoms with Crippen molar-refractivity contribution in [2.24, 2.45) is 18.9 Å². The number of nitrogens with zero attached hydrogens (tertiary/aromatic N) is 3. The Morgan fingerprint density at radius 3 is 2.46 bits per heavy atom. The molecule has 6 heteroatoms. The number of rotatable bonds is 4. The second-order valence-electron chi connectivity index (χ2n) is 7.31. The van der Waals surface area contributed by atoms with E-state index in [1.165, 1.54) is 4.90 Å². The molecule has 2 heterocycles. The number of imidazole rings is 1. The van der Waals surface area contributed by atoms with Crippen LogP contribution in [-0.2, 0) is 18.4 Å². The number of fused-ring (bicyclic) bond motifs is 1. The van der Waals surface area contributed by atoms with E-state index >= 15 is 0 Å². The number of carbonyl (C=O) groups excluding carboxylic acids is 2. The average Bonchev–Trinajstić information content (AvgIpc) is 3.48. The molecule has 2 aliphatic carbocycles. The standard InChI is InChI=1S/C18H20N4O2/c1-21-14-5-3-2-4-13(14)19-15(21)10-22-16(23)18(11-6-7-11,12-8-9-12)20-17(22)24/h2-5,11-12H,6-10H2,1H3,(H,20,24). The van der Waals surface area contributed by atoms with Crippen molar-refractivity contribution in [1.29, 1.82) is 0 Å². The SMILES string of the molecule is Cn1c(CN2C(=O)NC(C3CC3)(C3CC3)C2=O)nc2ccccc21. The van der Waals surface area contributed by atoms with E-state index < -0.39 is 5.54 Å². The highest BCUT2D eigenvalue weighted by Gasteiger charge is 2.65. The molecule has 0 spiro atoms. The van der Waals surface area contributed by atoms with Gasteiger partial charge in [-0.1, -0.05) is 12.1 Å². The van der Waals surface area contributed by atoms with Gasteiger partial charge in [0.25, 0.3) is 5.91 Å². The summed E-state index contributed by atoms with van der Waals surface area (Å²) in [6, 6.07) is 7.59. The zero-order valence-electron chi connectivity index (χ0n) is 13.7. The Kier molecular flexibility index (Phi) is 2.68. The molecule has 0 unspecified atom stereocenters. The van der Waals surface area contributed by atoms with E-state index in [-0.39, 0.29) is 18.5 Å². The minimum atomic E-state index is -0.623. The number of aromatic nitrogens is 2. The first-order chi connectivity index (χ1) is 11.6. The predicted molar refractivity (Wildman–Crippen MR) is 88.0 cm³/mol. The van der Waals surface area contributed by atoms with Crippen molar-refractivity contribution in [2.45, 2.75) is 37.8 Å². The molecule has 124 valence electrons. The fraction of sp³-hybridized carbons (Fsp3) is 0.500. The van der Waals surface area contributed by atoms with Gasteiger partial charge in [0.1, 0.15) is 11.4 Å². The Morgan fingerprint density at radius 2 is 1.83 bits per heavy atom.